The van der Waals surface area contributed by atoms with Gasteiger partial charge in [0, 0.05) is 5.75 Å². The van der Waals surface area contributed by atoms with Crippen molar-refractivity contribution in [3.8, 4) is 0 Å². The van der Waals surface area contributed by atoms with Crippen LogP contribution in [0.15, 0.2) is 0 Å². The maximum Gasteiger partial charge on any atom is 0.321 e. The van der Waals surface area contributed by atoms with E-state index in [2.05, 4.69) is 5.32 Å². The van der Waals surface area contributed by atoms with Crippen LogP contribution in [0.3, 0.4) is 0 Å². The van der Waals surface area contributed by atoms with Gasteiger partial charge in [-0.3, -0.25) is 10.1 Å². The maximum atomic E-state index is 10.5. The molecule has 3 unspecified atom stereocenters. The van der Waals surface area contributed by atoms with E-state index in [9.17, 15) is 4.79 Å². The number of rotatable bonds is 3. The zero-order valence-corrected chi connectivity index (χ0v) is 7.67. The number of nitrogens with one attached hydrogen (secondary N) is 1. The monoisotopic (exact) mass is 191 g/mol. The average Bonchev–Trinajstić information content (AvgIpc) is 2.34. The first-order valence-corrected chi connectivity index (χ1v) is 4.93. The molecule has 0 spiro atoms. The lowest BCUT2D eigenvalue weighted by molar-refractivity contribution is -0.138. The third-order valence-corrected chi connectivity index (χ3v) is 2.96. The van der Waals surface area contributed by atoms with Crippen LogP contribution in [0.5, 0.6) is 0 Å². The fraction of sp³-hybridized carbons (Fsp3) is 0.857. The zero-order chi connectivity index (χ0) is 9.14. The molecular formula is C7H13NO3S. The molecule has 1 aliphatic rings. The summed E-state index contributed by atoms with van der Waals surface area (Å²) in [5.74, 6) is -0.220. The molecule has 3 N–H and O–H groups in total. The summed E-state index contributed by atoms with van der Waals surface area (Å²) in [4.78, 5) is 10.5. The molecule has 5 heteroatoms. The van der Waals surface area contributed by atoms with Gasteiger partial charge in [-0.25, -0.2) is 0 Å². The molecule has 0 aromatic rings. The molecule has 1 fully saturated rings. The van der Waals surface area contributed by atoms with Crippen molar-refractivity contribution in [2.24, 2.45) is 0 Å². The van der Waals surface area contributed by atoms with E-state index in [1.54, 1.807) is 18.7 Å². The number of carboxylic acids is 1. The second-order valence-corrected chi connectivity index (χ2v) is 4.20. The second kappa shape index (κ2) is 4.11. The van der Waals surface area contributed by atoms with Gasteiger partial charge in [0.15, 0.2) is 0 Å². The molecule has 12 heavy (non-hydrogen) atoms. The van der Waals surface area contributed by atoms with Crippen molar-refractivity contribution < 1.29 is 15.0 Å². The molecule has 0 amide bonds. The first-order valence-electron chi connectivity index (χ1n) is 3.88. The minimum Gasteiger partial charge on any atom is -0.480 e. The molecule has 1 aliphatic heterocycles. The van der Waals surface area contributed by atoms with Crippen molar-refractivity contribution in [2.75, 3.05) is 5.75 Å². The van der Waals surface area contributed by atoms with Gasteiger partial charge >= 0.3 is 5.97 Å². The Bertz CT molecular complexity index is 174. The summed E-state index contributed by atoms with van der Waals surface area (Å²) in [6.45, 7) is 1.70. The van der Waals surface area contributed by atoms with Crippen LogP contribution in [0.4, 0.5) is 0 Å². The molecule has 1 saturated heterocycles. The van der Waals surface area contributed by atoms with E-state index in [1.165, 1.54) is 0 Å². The van der Waals surface area contributed by atoms with Gasteiger partial charge in [0.1, 0.15) is 6.04 Å². The van der Waals surface area contributed by atoms with Crippen LogP contribution in [0.25, 0.3) is 0 Å². The molecule has 0 bridgehead atoms. The summed E-state index contributed by atoms with van der Waals surface area (Å²) in [6.07, 6.45) is 0.233. The van der Waals surface area contributed by atoms with Crippen molar-refractivity contribution in [1.82, 2.24) is 5.32 Å². The Kier molecular flexibility index (Phi) is 3.37. The lowest BCUT2D eigenvalue weighted by Crippen LogP contribution is -2.37. The van der Waals surface area contributed by atoms with Crippen LogP contribution in [0.2, 0.25) is 0 Å². The third kappa shape index (κ3) is 2.66. The molecule has 4 nitrogen and oxygen atoms in total. The van der Waals surface area contributed by atoms with Crippen LogP contribution in [-0.4, -0.2) is 39.5 Å². The summed E-state index contributed by atoms with van der Waals surface area (Å²) >= 11 is 1.56. The fourth-order valence-corrected chi connectivity index (χ4v) is 2.46. The summed E-state index contributed by atoms with van der Waals surface area (Å²) in [5, 5.41) is 20.7. The third-order valence-electron chi connectivity index (χ3n) is 1.70. The lowest BCUT2D eigenvalue weighted by atomic mass is 10.2. The number of thioether (sulfide) groups is 1. The number of carbonyl (C=O) groups is 1. The van der Waals surface area contributed by atoms with E-state index in [4.69, 9.17) is 10.2 Å². The highest BCUT2D eigenvalue weighted by molar-refractivity contribution is 8.00. The van der Waals surface area contributed by atoms with Gasteiger partial charge in [-0.05, 0) is 13.3 Å². The standard InChI is InChI=1S/C7H13NO3S/c1-4(9)2-6-8-5(3-12-6)7(10)11/h4-6,8-9H,2-3H2,1H3,(H,10,11). The number of aliphatic carboxylic acids is 1. The van der Waals surface area contributed by atoms with Gasteiger partial charge in [0.25, 0.3) is 0 Å². The molecule has 1 heterocycles. The number of hydrogen-bond donors (Lipinski definition) is 3. The van der Waals surface area contributed by atoms with Gasteiger partial charge < -0.3 is 10.2 Å². The van der Waals surface area contributed by atoms with E-state index in [0.29, 0.717) is 12.2 Å². The van der Waals surface area contributed by atoms with Crippen LogP contribution in [0.1, 0.15) is 13.3 Å². The van der Waals surface area contributed by atoms with Gasteiger partial charge in [-0.2, -0.15) is 0 Å². The highest BCUT2D eigenvalue weighted by Gasteiger charge is 2.29. The predicted molar refractivity (Wildman–Crippen MR) is 47.1 cm³/mol. The molecule has 0 aromatic carbocycles. The summed E-state index contributed by atoms with van der Waals surface area (Å²) in [7, 11) is 0. The van der Waals surface area contributed by atoms with Crippen LogP contribution < -0.4 is 5.32 Å². The van der Waals surface area contributed by atoms with Crippen molar-refractivity contribution in [3.63, 3.8) is 0 Å². The van der Waals surface area contributed by atoms with E-state index < -0.39 is 12.0 Å². The average molecular weight is 191 g/mol. The quantitative estimate of drug-likeness (QED) is 0.580. The summed E-state index contributed by atoms with van der Waals surface area (Å²) in [5.41, 5.74) is 0. The first-order chi connectivity index (χ1) is 5.59. The number of carboxylic acid groups (broad SMARTS) is 1. The van der Waals surface area contributed by atoms with Gasteiger partial charge in [0.2, 0.25) is 0 Å². The minimum atomic E-state index is -0.810. The smallest absolute Gasteiger partial charge is 0.321 e. The number of aliphatic hydroxyl groups excluding tert-OH is 1. The van der Waals surface area contributed by atoms with Gasteiger partial charge in [0.05, 0.1) is 11.5 Å². The predicted octanol–water partition coefficient (Wildman–Crippen LogP) is -0.127. The lowest BCUT2D eigenvalue weighted by Gasteiger charge is -2.11. The highest BCUT2D eigenvalue weighted by Crippen LogP contribution is 2.22. The fourth-order valence-electron chi connectivity index (χ4n) is 1.12. The van der Waals surface area contributed by atoms with Crippen LogP contribution in [0, 0.1) is 0 Å². The largest absolute Gasteiger partial charge is 0.480 e. The Morgan fingerprint density at radius 2 is 2.50 bits per heavy atom. The first kappa shape index (κ1) is 9.83. The van der Waals surface area contributed by atoms with Gasteiger partial charge in [-0.15, -0.1) is 11.8 Å². The number of aliphatic hydroxyl groups is 1. The molecule has 70 valence electrons. The summed E-state index contributed by atoms with van der Waals surface area (Å²) in [6, 6.07) is -0.446. The Hall–Kier alpha value is -0.260. The van der Waals surface area contributed by atoms with Crippen molar-refractivity contribution in [3.05, 3.63) is 0 Å². The van der Waals surface area contributed by atoms with E-state index in [1.807, 2.05) is 0 Å². The van der Waals surface area contributed by atoms with E-state index in [-0.39, 0.29) is 11.5 Å². The van der Waals surface area contributed by atoms with Crippen LogP contribution in [-0.2, 0) is 4.79 Å². The Balaban J connectivity index is 2.30. The van der Waals surface area contributed by atoms with Crippen molar-refractivity contribution in [1.29, 1.82) is 0 Å². The molecular weight excluding hydrogens is 178 g/mol. The minimum absolute atomic E-state index is 0.0890. The molecule has 0 saturated carbocycles. The van der Waals surface area contributed by atoms with E-state index in [0.717, 1.165) is 0 Å². The zero-order valence-electron chi connectivity index (χ0n) is 6.86. The number of hydrogen-bond acceptors (Lipinski definition) is 4. The van der Waals surface area contributed by atoms with E-state index >= 15 is 0 Å². The maximum absolute atomic E-state index is 10.5. The molecule has 3 atom stereocenters. The Morgan fingerprint density at radius 3 is 2.92 bits per heavy atom. The summed E-state index contributed by atoms with van der Waals surface area (Å²) < 4.78 is 0. The highest BCUT2D eigenvalue weighted by atomic mass is 32.2. The Morgan fingerprint density at radius 1 is 1.83 bits per heavy atom. The van der Waals surface area contributed by atoms with Crippen LogP contribution >= 0.6 is 11.8 Å². The topological polar surface area (TPSA) is 69.6 Å². The SMILES string of the molecule is CC(O)CC1NC(C(=O)O)CS1. The second-order valence-electron chi connectivity index (χ2n) is 2.96. The Labute approximate surface area is 75.3 Å². The molecule has 1 rings (SSSR count). The van der Waals surface area contributed by atoms with Crippen molar-refractivity contribution in [2.45, 2.75) is 30.9 Å². The van der Waals surface area contributed by atoms with Gasteiger partial charge in [-0.1, -0.05) is 0 Å². The van der Waals surface area contributed by atoms with Crippen molar-refractivity contribution >= 4 is 17.7 Å². The molecule has 0 aliphatic carbocycles. The normalized spacial score (nSPS) is 31.8. The molecule has 0 aromatic heterocycles. The molecule has 0 radical (unpaired) electrons.